The number of aromatic nitrogens is 1. The standard InChI is InChI=1S/C15H15N3O2S/c19-13-8-16-15(20)14(11-4-2-1-3-5-11)18(13)7-6-12-9-21-10-17-12/h1-5,9-10,14H,6-8H2,(H,16,20). The van der Waals surface area contributed by atoms with Gasteiger partial charge in [-0.25, -0.2) is 4.98 Å². The van der Waals surface area contributed by atoms with Gasteiger partial charge in [-0.15, -0.1) is 11.3 Å². The van der Waals surface area contributed by atoms with Crippen molar-refractivity contribution < 1.29 is 9.59 Å². The van der Waals surface area contributed by atoms with Crippen LogP contribution in [0, 0.1) is 0 Å². The van der Waals surface area contributed by atoms with Gasteiger partial charge in [-0.3, -0.25) is 9.59 Å². The number of nitrogens with one attached hydrogen (secondary N) is 1. The number of carbonyl (C=O) groups is 2. The van der Waals surface area contributed by atoms with Crippen molar-refractivity contribution in [1.82, 2.24) is 15.2 Å². The fraction of sp³-hybridized carbons (Fsp3) is 0.267. The molecule has 1 fully saturated rings. The van der Waals surface area contributed by atoms with Crippen LogP contribution in [0.5, 0.6) is 0 Å². The number of thiazole rings is 1. The lowest BCUT2D eigenvalue weighted by atomic mass is 10.0. The van der Waals surface area contributed by atoms with E-state index in [1.165, 1.54) is 11.3 Å². The lowest BCUT2D eigenvalue weighted by molar-refractivity contribution is -0.145. The van der Waals surface area contributed by atoms with E-state index in [-0.39, 0.29) is 18.4 Å². The fourth-order valence-electron chi connectivity index (χ4n) is 2.46. The SMILES string of the molecule is O=C1NCC(=O)N(CCc2cscn2)C1c1ccccc1. The van der Waals surface area contributed by atoms with E-state index in [0.717, 1.165) is 11.3 Å². The number of carbonyl (C=O) groups excluding carboxylic acids is 2. The first-order valence-electron chi connectivity index (χ1n) is 6.75. The molecule has 0 bridgehead atoms. The van der Waals surface area contributed by atoms with Gasteiger partial charge in [0.15, 0.2) is 0 Å². The van der Waals surface area contributed by atoms with Crippen molar-refractivity contribution in [3.8, 4) is 0 Å². The Balaban J connectivity index is 1.82. The summed E-state index contributed by atoms with van der Waals surface area (Å²) < 4.78 is 0. The lowest BCUT2D eigenvalue weighted by Crippen LogP contribution is -2.54. The van der Waals surface area contributed by atoms with Crippen LogP contribution in [-0.4, -0.2) is 34.8 Å². The van der Waals surface area contributed by atoms with E-state index >= 15 is 0 Å². The Hall–Kier alpha value is -2.21. The molecule has 1 saturated heterocycles. The summed E-state index contributed by atoms with van der Waals surface area (Å²) >= 11 is 1.53. The van der Waals surface area contributed by atoms with E-state index in [1.54, 1.807) is 10.4 Å². The Bertz CT molecular complexity index is 628. The molecule has 0 saturated carbocycles. The van der Waals surface area contributed by atoms with Crippen LogP contribution >= 0.6 is 11.3 Å². The van der Waals surface area contributed by atoms with Crippen molar-refractivity contribution in [2.75, 3.05) is 13.1 Å². The van der Waals surface area contributed by atoms with Crippen molar-refractivity contribution in [1.29, 1.82) is 0 Å². The average Bonchev–Trinajstić information content (AvgIpc) is 3.02. The van der Waals surface area contributed by atoms with Crippen molar-refractivity contribution in [2.24, 2.45) is 0 Å². The molecule has 2 amide bonds. The molecule has 1 N–H and O–H groups in total. The highest BCUT2D eigenvalue weighted by Crippen LogP contribution is 2.24. The number of piperazine rings is 1. The van der Waals surface area contributed by atoms with Crippen LogP contribution in [0.25, 0.3) is 0 Å². The molecule has 5 nitrogen and oxygen atoms in total. The van der Waals surface area contributed by atoms with Gasteiger partial charge >= 0.3 is 0 Å². The normalized spacial score (nSPS) is 18.7. The fourth-order valence-corrected chi connectivity index (χ4v) is 3.06. The maximum absolute atomic E-state index is 12.2. The Morgan fingerprint density at radius 2 is 2.10 bits per heavy atom. The quantitative estimate of drug-likeness (QED) is 0.928. The van der Waals surface area contributed by atoms with Gasteiger partial charge in [0, 0.05) is 18.3 Å². The highest BCUT2D eigenvalue weighted by atomic mass is 32.1. The molecule has 0 aliphatic carbocycles. The number of amides is 2. The van der Waals surface area contributed by atoms with Gasteiger partial charge < -0.3 is 10.2 Å². The molecule has 2 heterocycles. The van der Waals surface area contributed by atoms with Crippen LogP contribution in [-0.2, 0) is 16.0 Å². The molecule has 1 unspecified atom stereocenters. The molecule has 1 aliphatic rings. The van der Waals surface area contributed by atoms with E-state index in [4.69, 9.17) is 0 Å². The predicted molar refractivity (Wildman–Crippen MR) is 79.7 cm³/mol. The summed E-state index contributed by atoms with van der Waals surface area (Å²) in [6, 6.07) is 8.84. The van der Waals surface area contributed by atoms with E-state index in [0.29, 0.717) is 13.0 Å². The first kappa shape index (κ1) is 13.8. The number of benzene rings is 1. The van der Waals surface area contributed by atoms with Gasteiger partial charge in [0.25, 0.3) is 0 Å². The summed E-state index contributed by atoms with van der Waals surface area (Å²) in [4.78, 5) is 30.2. The van der Waals surface area contributed by atoms with E-state index in [1.807, 2.05) is 35.7 Å². The first-order valence-corrected chi connectivity index (χ1v) is 7.69. The van der Waals surface area contributed by atoms with Crippen LogP contribution in [0.15, 0.2) is 41.2 Å². The summed E-state index contributed by atoms with van der Waals surface area (Å²) in [7, 11) is 0. The summed E-state index contributed by atoms with van der Waals surface area (Å²) in [6.45, 7) is 0.564. The zero-order valence-corrected chi connectivity index (χ0v) is 12.2. The summed E-state index contributed by atoms with van der Waals surface area (Å²) in [5.74, 6) is -0.183. The predicted octanol–water partition coefficient (Wildman–Crippen LogP) is 1.39. The second kappa shape index (κ2) is 6.05. The molecular formula is C15H15N3O2S. The molecule has 3 rings (SSSR count). The third kappa shape index (κ3) is 2.95. The maximum Gasteiger partial charge on any atom is 0.247 e. The molecule has 0 radical (unpaired) electrons. The molecule has 1 atom stereocenters. The van der Waals surface area contributed by atoms with Crippen LogP contribution < -0.4 is 5.32 Å². The number of hydrogen-bond acceptors (Lipinski definition) is 4. The molecule has 1 aromatic heterocycles. The molecule has 6 heteroatoms. The summed E-state index contributed by atoms with van der Waals surface area (Å²) in [6.07, 6.45) is 0.659. The lowest BCUT2D eigenvalue weighted by Gasteiger charge is -2.35. The van der Waals surface area contributed by atoms with Gasteiger partial charge in [-0.2, -0.15) is 0 Å². The second-order valence-electron chi connectivity index (χ2n) is 4.85. The molecule has 1 aromatic carbocycles. The van der Waals surface area contributed by atoms with Crippen LogP contribution in [0.2, 0.25) is 0 Å². The summed E-state index contributed by atoms with van der Waals surface area (Å²) in [5.41, 5.74) is 3.56. The molecule has 2 aromatic rings. The maximum atomic E-state index is 12.2. The summed E-state index contributed by atoms with van der Waals surface area (Å²) in [5, 5.41) is 4.62. The monoisotopic (exact) mass is 301 g/mol. The second-order valence-corrected chi connectivity index (χ2v) is 5.57. The van der Waals surface area contributed by atoms with Crippen molar-refractivity contribution >= 4 is 23.2 Å². The molecule has 108 valence electrons. The Kier molecular flexibility index (Phi) is 3.96. The molecular weight excluding hydrogens is 286 g/mol. The van der Waals surface area contributed by atoms with Gasteiger partial charge in [0.2, 0.25) is 11.8 Å². The van der Waals surface area contributed by atoms with Crippen LogP contribution in [0.3, 0.4) is 0 Å². The van der Waals surface area contributed by atoms with Gasteiger partial charge in [0.1, 0.15) is 6.04 Å². The number of hydrogen-bond donors (Lipinski definition) is 1. The number of rotatable bonds is 4. The smallest absolute Gasteiger partial charge is 0.247 e. The topological polar surface area (TPSA) is 62.3 Å². The van der Waals surface area contributed by atoms with Crippen LogP contribution in [0.1, 0.15) is 17.3 Å². The van der Waals surface area contributed by atoms with Gasteiger partial charge in [-0.1, -0.05) is 30.3 Å². The van der Waals surface area contributed by atoms with Gasteiger partial charge in [-0.05, 0) is 5.56 Å². The minimum absolute atomic E-state index is 0.0568. The largest absolute Gasteiger partial charge is 0.345 e. The van der Waals surface area contributed by atoms with Crippen molar-refractivity contribution in [3.05, 3.63) is 52.5 Å². The third-order valence-corrected chi connectivity index (χ3v) is 4.14. The molecule has 0 spiro atoms. The first-order chi connectivity index (χ1) is 10.3. The van der Waals surface area contributed by atoms with Crippen molar-refractivity contribution in [2.45, 2.75) is 12.5 Å². The average molecular weight is 301 g/mol. The molecule has 21 heavy (non-hydrogen) atoms. The Morgan fingerprint density at radius 3 is 2.81 bits per heavy atom. The minimum atomic E-state index is -0.550. The zero-order chi connectivity index (χ0) is 14.7. The molecule has 1 aliphatic heterocycles. The zero-order valence-electron chi connectivity index (χ0n) is 11.4. The third-order valence-electron chi connectivity index (χ3n) is 3.50. The van der Waals surface area contributed by atoms with Gasteiger partial charge in [0.05, 0.1) is 17.7 Å². The van der Waals surface area contributed by atoms with Crippen LogP contribution in [0.4, 0.5) is 0 Å². The van der Waals surface area contributed by atoms with E-state index in [2.05, 4.69) is 10.3 Å². The number of nitrogens with zero attached hydrogens (tertiary/aromatic N) is 2. The minimum Gasteiger partial charge on any atom is -0.345 e. The van der Waals surface area contributed by atoms with Crippen molar-refractivity contribution in [3.63, 3.8) is 0 Å². The Labute approximate surface area is 126 Å². The van der Waals surface area contributed by atoms with E-state index < -0.39 is 6.04 Å². The highest BCUT2D eigenvalue weighted by Gasteiger charge is 2.35. The van der Waals surface area contributed by atoms with E-state index in [9.17, 15) is 9.59 Å². The highest BCUT2D eigenvalue weighted by molar-refractivity contribution is 7.07. The Morgan fingerprint density at radius 1 is 1.29 bits per heavy atom.